The van der Waals surface area contributed by atoms with Gasteiger partial charge in [-0.05, 0) is 43.2 Å². The van der Waals surface area contributed by atoms with Gasteiger partial charge >= 0.3 is 6.01 Å². The van der Waals surface area contributed by atoms with Crippen LogP contribution in [-0.4, -0.2) is 78.9 Å². The molecule has 12 heteroatoms. The number of ether oxygens (including phenoxy) is 2. The lowest BCUT2D eigenvalue weighted by Crippen LogP contribution is -2.57. The lowest BCUT2D eigenvalue weighted by Gasteiger charge is -2.41. The van der Waals surface area contributed by atoms with E-state index in [1.54, 1.807) is 6.07 Å². The second kappa shape index (κ2) is 12.9. The lowest BCUT2D eigenvalue weighted by molar-refractivity contribution is -0.131. The number of aromatic nitrogens is 2. The number of carbonyl (C=O) groups excluding carboxylic acids is 1. The molecule has 0 N–H and O–H groups in total. The number of piperazine rings is 1. The highest BCUT2D eigenvalue weighted by Crippen LogP contribution is 2.38. The number of benzene rings is 2. The third-order valence-corrected chi connectivity index (χ3v) is 8.90. The first-order valence-electron chi connectivity index (χ1n) is 14.8. The van der Waals surface area contributed by atoms with Crippen molar-refractivity contribution in [3.63, 3.8) is 0 Å². The summed E-state index contributed by atoms with van der Waals surface area (Å²) in [6, 6.07) is 8.55. The number of halogens is 3. The van der Waals surface area contributed by atoms with Crippen molar-refractivity contribution in [2.45, 2.75) is 44.4 Å². The molecule has 230 valence electrons. The van der Waals surface area contributed by atoms with Crippen LogP contribution in [0.4, 0.5) is 20.3 Å². The van der Waals surface area contributed by atoms with Crippen molar-refractivity contribution in [2.24, 2.45) is 0 Å². The van der Waals surface area contributed by atoms with Crippen LogP contribution in [0.15, 0.2) is 42.7 Å². The van der Waals surface area contributed by atoms with Crippen LogP contribution in [0.2, 0.25) is 5.02 Å². The molecule has 4 heterocycles. The van der Waals surface area contributed by atoms with E-state index in [0.29, 0.717) is 57.0 Å². The molecule has 2 aromatic carbocycles. The van der Waals surface area contributed by atoms with Crippen LogP contribution >= 0.6 is 11.6 Å². The Labute approximate surface area is 259 Å². The third kappa shape index (κ3) is 6.01. The molecular weight excluding hydrogens is 590 g/mol. The Morgan fingerprint density at radius 2 is 2.05 bits per heavy atom. The predicted octanol–water partition coefficient (Wildman–Crippen LogP) is 5.35. The smallest absolute Gasteiger partial charge is 0.318 e. The quantitative estimate of drug-likeness (QED) is 0.260. The summed E-state index contributed by atoms with van der Waals surface area (Å²) in [7, 11) is 0. The van der Waals surface area contributed by atoms with Crippen molar-refractivity contribution in [3.8, 4) is 6.01 Å². The van der Waals surface area contributed by atoms with Gasteiger partial charge in [-0.2, -0.15) is 9.97 Å². The minimum atomic E-state index is -1.04. The van der Waals surface area contributed by atoms with E-state index in [2.05, 4.69) is 16.3 Å². The van der Waals surface area contributed by atoms with Crippen LogP contribution in [0.25, 0.3) is 15.6 Å². The van der Waals surface area contributed by atoms with Crippen LogP contribution < -0.4 is 14.5 Å². The van der Waals surface area contributed by atoms with Crippen molar-refractivity contribution in [1.29, 1.82) is 0 Å². The van der Waals surface area contributed by atoms with Crippen LogP contribution in [-0.2, 0) is 22.5 Å². The predicted molar refractivity (Wildman–Crippen MR) is 164 cm³/mol. The summed E-state index contributed by atoms with van der Waals surface area (Å²) in [5, 5.41) is 1.57. The zero-order chi connectivity index (χ0) is 30.8. The second-order valence-electron chi connectivity index (χ2n) is 11.3. The molecule has 44 heavy (non-hydrogen) atoms. The van der Waals surface area contributed by atoms with E-state index in [0.717, 1.165) is 41.6 Å². The standard InChI is InChI=1S/C32H33ClF2N6O3/c1-20(34)31(42)41-14-13-40(17-22(41)16-36-2)30-24-11-12-39(27-8-5-6-21-9-10-25(35)29(33)28(21)27)18-26(24)37-32(38-30)44-19-23-7-3-4-15-43-23/h5-6,8-10,22-23H,1,3-4,7,11-19H2/t22-,23?/m0/s1. The van der Waals surface area contributed by atoms with Crippen molar-refractivity contribution < 1.29 is 23.0 Å². The van der Waals surface area contributed by atoms with E-state index in [9.17, 15) is 13.6 Å². The molecule has 3 aliphatic rings. The number of amides is 1. The average molecular weight is 623 g/mol. The van der Waals surface area contributed by atoms with E-state index < -0.39 is 23.6 Å². The first-order valence-corrected chi connectivity index (χ1v) is 15.2. The topological polar surface area (TPSA) is 75.4 Å². The Kier molecular flexibility index (Phi) is 8.82. The fourth-order valence-electron chi connectivity index (χ4n) is 6.31. The molecule has 0 aliphatic carbocycles. The molecule has 0 bridgehead atoms. The van der Waals surface area contributed by atoms with Crippen molar-refractivity contribution in [3.05, 3.63) is 76.3 Å². The summed E-state index contributed by atoms with van der Waals surface area (Å²) in [6.45, 7) is 13.6. The number of nitrogens with zero attached hydrogens (tertiary/aromatic N) is 6. The maximum absolute atomic E-state index is 14.5. The van der Waals surface area contributed by atoms with Gasteiger partial charge in [-0.25, -0.2) is 15.4 Å². The van der Waals surface area contributed by atoms with Gasteiger partial charge in [0.1, 0.15) is 24.3 Å². The Morgan fingerprint density at radius 3 is 2.82 bits per heavy atom. The molecule has 0 spiro atoms. The fourth-order valence-corrected chi connectivity index (χ4v) is 6.58. The number of anilines is 2. The summed E-state index contributed by atoms with van der Waals surface area (Å²) >= 11 is 6.47. The number of carbonyl (C=O) groups is 1. The maximum Gasteiger partial charge on any atom is 0.318 e. The lowest BCUT2D eigenvalue weighted by atomic mass is 10.0. The summed E-state index contributed by atoms with van der Waals surface area (Å²) in [5.41, 5.74) is 2.52. The zero-order valence-electron chi connectivity index (χ0n) is 24.3. The van der Waals surface area contributed by atoms with E-state index in [1.165, 1.54) is 11.0 Å². The third-order valence-electron chi connectivity index (χ3n) is 8.53. The molecule has 6 rings (SSSR count). The van der Waals surface area contributed by atoms with Gasteiger partial charge in [0.2, 0.25) is 6.54 Å². The van der Waals surface area contributed by atoms with Crippen LogP contribution in [0.3, 0.4) is 0 Å². The highest BCUT2D eigenvalue weighted by atomic mass is 35.5. The molecular formula is C32H33ClF2N6O3. The van der Waals surface area contributed by atoms with E-state index >= 15 is 0 Å². The first kappa shape index (κ1) is 30.0. The van der Waals surface area contributed by atoms with Gasteiger partial charge in [0, 0.05) is 49.4 Å². The average Bonchev–Trinajstić information content (AvgIpc) is 3.05. The summed E-state index contributed by atoms with van der Waals surface area (Å²) in [6.07, 6.45) is 3.56. The highest BCUT2D eigenvalue weighted by Gasteiger charge is 2.36. The van der Waals surface area contributed by atoms with E-state index in [-0.39, 0.29) is 30.2 Å². The minimum Gasteiger partial charge on any atom is -0.461 e. The molecule has 2 saturated heterocycles. The van der Waals surface area contributed by atoms with E-state index in [4.69, 9.17) is 37.6 Å². The number of hydrogen-bond donors (Lipinski definition) is 0. The Bertz CT molecular complexity index is 1630. The summed E-state index contributed by atoms with van der Waals surface area (Å²) in [5.74, 6) is -1.63. The minimum absolute atomic E-state index is 0.0251. The molecule has 1 amide bonds. The molecule has 0 radical (unpaired) electrons. The van der Waals surface area contributed by atoms with Crippen LogP contribution in [0.5, 0.6) is 6.01 Å². The molecule has 1 unspecified atom stereocenters. The monoisotopic (exact) mass is 622 g/mol. The van der Waals surface area contributed by atoms with Gasteiger partial charge in [-0.15, -0.1) is 0 Å². The van der Waals surface area contributed by atoms with E-state index in [1.807, 2.05) is 23.1 Å². The second-order valence-corrected chi connectivity index (χ2v) is 11.7. The van der Waals surface area contributed by atoms with Crippen molar-refractivity contribution >= 4 is 39.8 Å². The van der Waals surface area contributed by atoms with Crippen molar-refractivity contribution in [2.75, 3.05) is 55.7 Å². The van der Waals surface area contributed by atoms with Gasteiger partial charge in [0.15, 0.2) is 5.83 Å². The summed E-state index contributed by atoms with van der Waals surface area (Å²) in [4.78, 5) is 31.2. The maximum atomic E-state index is 14.5. The molecule has 2 fully saturated rings. The molecule has 2 atom stereocenters. The van der Waals surface area contributed by atoms with Gasteiger partial charge < -0.3 is 29.0 Å². The first-order chi connectivity index (χ1) is 21.3. The highest BCUT2D eigenvalue weighted by molar-refractivity contribution is 6.36. The molecule has 3 aliphatic heterocycles. The van der Waals surface area contributed by atoms with Gasteiger partial charge in [-0.1, -0.05) is 36.4 Å². The fraction of sp³-hybridized carbons (Fsp3) is 0.438. The Hall–Kier alpha value is -4.01. The zero-order valence-corrected chi connectivity index (χ0v) is 25.0. The number of fused-ring (bicyclic) bond motifs is 2. The molecule has 0 saturated carbocycles. The summed E-state index contributed by atoms with van der Waals surface area (Å²) < 4.78 is 40.3. The van der Waals surface area contributed by atoms with Gasteiger partial charge in [-0.3, -0.25) is 4.79 Å². The molecule has 1 aromatic heterocycles. The molecule has 3 aromatic rings. The number of rotatable bonds is 7. The van der Waals surface area contributed by atoms with Gasteiger partial charge in [0.25, 0.3) is 5.91 Å². The molecule has 9 nitrogen and oxygen atoms in total. The Balaban J connectivity index is 1.34. The normalized spacial score (nSPS) is 20.3. The van der Waals surface area contributed by atoms with Crippen LogP contribution in [0.1, 0.15) is 30.5 Å². The largest absolute Gasteiger partial charge is 0.461 e. The van der Waals surface area contributed by atoms with Crippen LogP contribution in [0, 0.1) is 12.4 Å². The SMILES string of the molecule is [C-]#[N+]C[C@H]1CN(c2nc(OCC3CCCCO3)nc3c2CCN(c2cccc4ccc(F)c(Cl)c24)C3)CCN1C(=O)C(=C)F. The number of hydrogen-bond acceptors (Lipinski definition) is 7. The Morgan fingerprint density at radius 1 is 1.18 bits per heavy atom. The van der Waals surface area contributed by atoms with Crippen molar-refractivity contribution in [1.82, 2.24) is 14.9 Å². The van der Waals surface area contributed by atoms with Gasteiger partial charge in [0.05, 0.1) is 23.4 Å².